The van der Waals surface area contributed by atoms with Gasteiger partial charge in [0.25, 0.3) is 0 Å². The fraction of sp³-hybridized carbons (Fsp3) is 0.300. The summed E-state index contributed by atoms with van der Waals surface area (Å²) in [7, 11) is 0. The van der Waals surface area contributed by atoms with Crippen LogP contribution in [0.2, 0.25) is 5.15 Å². The third-order valence-electron chi connectivity index (χ3n) is 2.14. The quantitative estimate of drug-likeness (QED) is 0.819. The molecule has 0 aliphatic heterocycles. The number of aromatic nitrogens is 4. The van der Waals surface area contributed by atoms with Crippen molar-refractivity contribution >= 4 is 27.5 Å². The van der Waals surface area contributed by atoms with Crippen molar-refractivity contribution in [1.29, 1.82) is 0 Å². The molecule has 84 valence electrons. The monoisotopic (exact) mass is 300 g/mol. The predicted octanol–water partition coefficient (Wildman–Crippen LogP) is 3.03. The largest absolute Gasteiger partial charge is 0.224 e. The summed E-state index contributed by atoms with van der Waals surface area (Å²) < 4.78 is 2.60. The first-order valence-electron chi connectivity index (χ1n) is 4.92. The van der Waals surface area contributed by atoms with Crippen molar-refractivity contribution in [3.8, 4) is 5.82 Å². The predicted molar refractivity (Wildman–Crippen MR) is 65.9 cm³/mol. The first kappa shape index (κ1) is 11.5. The van der Waals surface area contributed by atoms with E-state index < -0.39 is 0 Å². The lowest BCUT2D eigenvalue weighted by Gasteiger charge is -2.07. The summed E-state index contributed by atoms with van der Waals surface area (Å²) in [5.41, 5.74) is 0.933. The van der Waals surface area contributed by atoms with E-state index in [-0.39, 0.29) is 0 Å². The van der Waals surface area contributed by atoms with Crippen molar-refractivity contribution in [2.75, 3.05) is 0 Å². The Morgan fingerprint density at radius 2 is 2.25 bits per heavy atom. The van der Waals surface area contributed by atoms with E-state index >= 15 is 0 Å². The first-order chi connectivity index (χ1) is 7.72. The fourth-order valence-electron chi connectivity index (χ4n) is 1.46. The average Bonchev–Trinajstić information content (AvgIpc) is 2.68. The van der Waals surface area contributed by atoms with E-state index in [4.69, 9.17) is 11.6 Å². The van der Waals surface area contributed by atoms with Gasteiger partial charge in [0.1, 0.15) is 11.5 Å². The topological polar surface area (TPSA) is 43.6 Å². The number of hydrogen-bond acceptors (Lipinski definition) is 3. The fourth-order valence-corrected chi connectivity index (χ4v) is 1.97. The summed E-state index contributed by atoms with van der Waals surface area (Å²) in [6, 6.07) is 0. The summed E-state index contributed by atoms with van der Waals surface area (Å²) in [4.78, 5) is 8.22. The molecule has 0 atom stereocenters. The molecule has 0 aromatic carbocycles. The Morgan fingerprint density at radius 3 is 2.88 bits per heavy atom. The van der Waals surface area contributed by atoms with Crippen LogP contribution in [-0.2, 0) is 6.42 Å². The second-order valence-electron chi connectivity index (χ2n) is 3.32. The van der Waals surface area contributed by atoms with Crippen LogP contribution in [0.25, 0.3) is 5.82 Å². The summed E-state index contributed by atoms with van der Waals surface area (Å²) >= 11 is 9.41. The highest BCUT2D eigenvalue weighted by Gasteiger charge is 2.11. The van der Waals surface area contributed by atoms with E-state index in [9.17, 15) is 0 Å². The molecule has 0 aliphatic rings. The van der Waals surface area contributed by atoms with Gasteiger partial charge >= 0.3 is 0 Å². The lowest BCUT2D eigenvalue weighted by atomic mass is 10.2. The van der Waals surface area contributed by atoms with Gasteiger partial charge in [-0.15, -0.1) is 0 Å². The van der Waals surface area contributed by atoms with Gasteiger partial charge in [-0.25, -0.2) is 14.6 Å². The van der Waals surface area contributed by atoms with E-state index in [0.717, 1.165) is 28.7 Å². The van der Waals surface area contributed by atoms with Gasteiger partial charge in [0.05, 0.1) is 10.7 Å². The van der Waals surface area contributed by atoms with Crippen LogP contribution in [-0.4, -0.2) is 19.7 Å². The van der Waals surface area contributed by atoms with Crippen molar-refractivity contribution in [2.24, 2.45) is 0 Å². The number of hydrogen-bond donors (Lipinski definition) is 0. The molecule has 2 rings (SSSR count). The van der Waals surface area contributed by atoms with Crippen LogP contribution in [0.1, 0.15) is 18.9 Å². The van der Waals surface area contributed by atoms with Gasteiger partial charge in [0.15, 0.2) is 5.82 Å². The zero-order valence-corrected chi connectivity index (χ0v) is 11.0. The molecule has 0 amide bonds. The maximum Gasteiger partial charge on any atom is 0.161 e. The highest BCUT2D eigenvalue weighted by Crippen LogP contribution is 2.21. The number of halogens is 2. The van der Waals surface area contributed by atoms with Gasteiger partial charge < -0.3 is 0 Å². The summed E-state index contributed by atoms with van der Waals surface area (Å²) in [5, 5.41) is 4.69. The molecule has 2 heterocycles. The smallest absolute Gasteiger partial charge is 0.161 e. The Hall–Kier alpha value is -0.940. The maximum absolute atomic E-state index is 6.06. The zero-order chi connectivity index (χ0) is 11.5. The Morgan fingerprint density at radius 1 is 1.44 bits per heavy atom. The van der Waals surface area contributed by atoms with Gasteiger partial charge in [-0.1, -0.05) is 24.9 Å². The number of nitrogens with zero attached hydrogens (tertiary/aromatic N) is 4. The molecule has 2 aromatic heterocycles. The number of rotatable bonds is 3. The second kappa shape index (κ2) is 4.93. The molecule has 16 heavy (non-hydrogen) atoms. The third kappa shape index (κ3) is 2.25. The summed E-state index contributed by atoms with van der Waals surface area (Å²) in [6.45, 7) is 2.09. The summed E-state index contributed by atoms with van der Waals surface area (Å²) in [6.07, 6.45) is 6.84. The van der Waals surface area contributed by atoms with E-state index in [1.165, 1.54) is 6.33 Å². The second-order valence-corrected chi connectivity index (χ2v) is 4.59. The lowest BCUT2D eigenvalue weighted by Crippen LogP contribution is -2.05. The third-order valence-corrected chi connectivity index (χ3v) is 2.87. The average molecular weight is 302 g/mol. The normalized spacial score (nSPS) is 10.7. The molecule has 2 aromatic rings. The van der Waals surface area contributed by atoms with E-state index in [1.807, 2.05) is 6.20 Å². The molecule has 0 N–H and O–H groups in total. The molecular weight excluding hydrogens is 291 g/mol. The molecule has 0 fully saturated rings. The van der Waals surface area contributed by atoms with Crippen LogP contribution < -0.4 is 0 Å². The van der Waals surface area contributed by atoms with Gasteiger partial charge in [-0.2, -0.15) is 5.10 Å². The molecule has 0 radical (unpaired) electrons. The minimum atomic E-state index is 0.499. The molecule has 0 unspecified atom stereocenters. The van der Waals surface area contributed by atoms with Crippen molar-refractivity contribution in [1.82, 2.24) is 19.7 Å². The van der Waals surface area contributed by atoms with Crippen molar-refractivity contribution < 1.29 is 0 Å². The first-order valence-corrected chi connectivity index (χ1v) is 6.09. The minimum absolute atomic E-state index is 0.499. The molecular formula is C10H10BrClN4. The SMILES string of the molecule is CCCc1c(Cl)ncnc1-n1cc(Br)cn1. The van der Waals surface area contributed by atoms with Crippen molar-refractivity contribution in [2.45, 2.75) is 19.8 Å². The standard InChI is InChI=1S/C10H10BrClN4/c1-2-3-8-9(12)13-6-14-10(8)16-5-7(11)4-15-16/h4-6H,2-3H2,1H3. The highest BCUT2D eigenvalue weighted by molar-refractivity contribution is 9.10. The summed E-state index contributed by atoms with van der Waals surface area (Å²) in [5.74, 6) is 0.743. The molecule has 6 heteroatoms. The van der Waals surface area contributed by atoms with Gasteiger partial charge in [-0.05, 0) is 22.4 Å². The van der Waals surface area contributed by atoms with Crippen LogP contribution in [0.4, 0.5) is 0 Å². The molecule has 0 bridgehead atoms. The minimum Gasteiger partial charge on any atom is -0.224 e. The van der Waals surface area contributed by atoms with Crippen LogP contribution in [0, 0.1) is 0 Å². The Balaban J connectivity index is 2.51. The van der Waals surface area contributed by atoms with E-state index in [2.05, 4.69) is 37.9 Å². The zero-order valence-electron chi connectivity index (χ0n) is 8.69. The van der Waals surface area contributed by atoms with Crippen LogP contribution in [0.15, 0.2) is 23.2 Å². The molecule has 0 aliphatic carbocycles. The van der Waals surface area contributed by atoms with Gasteiger partial charge in [0, 0.05) is 11.8 Å². The van der Waals surface area contributed by atoms with E-state index in [0.29, 0.717) is 5.15 Å². The molecule has 4 nitrogen and oxygen atoms in total. The van der Waals surface area contributed by atoms with Crippen LogP contribution in [0.3, 0.4) is 0 Å². The Kier molecular flexibility index (Phi) is 3.56. The lowest BCUT2D eigenvalue weighted by molar-refractivity contribution is 0.798. The van der Waals surface area contributed by atoms with Crippen LogP contribution in [0.5, 0.6) is 0 Å². The maximum atomic E-state index is 6.06. The van der Waals surface area contributed by atoms with Gasteiger partial charge in [-0.3, -0.25) is 0 Å². The Labute approximate surface area is 107 Å². The van der Waals surface area contributed by atoms with Crippen molar-refractivity contribution in [3.63, 3.8) is 0 Å². The van der Waals surface area contributed by atoms with Crippen molar-refractivity contribution in [3.05, 3.63) is 33.9 Å². The molecule has 0 saturated heterocycles. The van der Waals surface area contributed by atoms with Crippen LogP contribution >= 0.6 is 27.5 Å². The van der Waals surface area contributed by atoms with Gasteiger partial charge in [0.2, 0.25) is 0 Å². The molecule has 0 spiro atoms. The highest BCUT2D eigenvalue weighted by atomic mass is 79.9. The van der Waals surface area contributed by atoms with E-state index in [1.54, 1.807) is 10.9 Å². The Bertz CT molecular complexity index is 497. The molecule has 0 saturated carbocycles.